The Morgan fingerprint density at radius 1 is 0.967 bits per heavy atom. The van der Waals surface area contributed by atoms with Crippen molar-refractivity contribution in [3.63, 3.8) is 0 Å². The molecule has 0 unspecified atom stereocenters. The van der Waals surface area contributed by atoms with E-state index in [0.717, 1.165) is 5.56 Å². The fourth-order valence-electron chi connectivity index (χ4n) is 3.27. The van der Waals surface area contributed by atoms with E-state index in [2.05, 4.69) is 0 Å². The van der Waals surface area contributed by atoms with Crippen LogP contribution in [-0.4, -0.2) is 13.1 Å². The van der Waals surface area contributed by atoms with Crippen molar-refractivity contribution in [3.8, 4) is 22.6 Å². The fraction of sp³-hybridized carbons (Fsp3) is 0.0833. The van der Waals surface area contributed by atoms with E-state index >= 15 is 0 Å². The predicted molar refractivity (Wildman–Crippen MR) is 116 cm³/mol. The molecule has 0 bridgehead atoms. The van der Waals surface area contributed by atoms with E-state index in [1.807, 2.05) is 6.92 Å². The molecule has 0 aliphatic heterocycles. The Hall–Kier alpha value is -3.57. The summed E-state index contributed by atoms with van der Waals surface area (Å²) in [7, 11) is 1.58. The summed E-state index contributed by atoms with van der Waals surface area (Å²) in [5.41, 5.74) is 2.12. The van der Waals surface area contributed by atoms with Crippen molar-refractivity contribution in [3.05, 3.63) is 93.3 Å². The number of esters is 1. The van der Waals surface area contributed by atoms with Crippen LogP contribution in [0, 0.1) is 6.92 Å². The Morgan fingerprint density at radius 2 is 1.67 bits per heavy atom. The van der Waals surface area contributed by atoms with Crippen LogP contribution >= 0.6 is 11.6 Å². The average Bonchev–Trinajstić information content (AvgIpc) is 2.75. The molecule has 150 valence electrons. The van der Waals surface area contributed by atoms with E-state index in [9.17, 15) is 9.59 Å². The monoisotopic (exact) mass is 420 g/mol. The Labute approximate surface area is 177 Å². The molecule has 3 aromatic carbocycles. The highest BCUT2D eigenvalue weighted by atomic mass is 35.5. The lowest BCUT2D eigenvalue weighted by Crippen LogP contribution is -2.09. The topological polar surface area (TPSA) is 65.7 Å². The second kappa shape index (κ2) is 8.05. The minimum absolute atomic E-state index is 0.273. The first-order chi connectivity index (χ1) is 14.5. The lowest BCUT2D eigenvalue weighted by atomic mass is 9.99. The van der Waals surface area contributed by atoms with Crippen LogP contribution in [-0.2, 0) is 0 Å². The number of fused-ring (bicyclic) bond motifs is 1. The van der Waals surface area contributed by atoms with Crippen molar-refractivity contribution in [2.45, 2.75) is 6.92 Å². The van der Waals surface area contributed by atoms with Crippen LogP contribution in [0.15, 0.2) is 75.9 Å². The molecule has 0 saturated carbocycles. The predicted octanol–water partition coefficient (Wildman–Crippen LogP) is 5.65. The van der Waals surface area contributed by atoms with E-state index in [0.29, 0.717) is 38.6 Å². The van der Waals surface area contributed by atoms with Crippen LogP contribution in [0.3, 0.4) is 0 Å². The number of benzene rings is 3. The number of hydrogen-bond acceptors (Lipinski definition) is 5. The van der Waals surface area contributed by atoms with E-state index in [-0.39, 0.29) is 5.56 Å². The number of rotatable bonds is 4. The molecular formula is C24H17ClO5. The second-order valence-corrected chi connectivity index (χ2v) is 7.05. The summed E-state index contributed by atoms with van der Waals surface area (Å²) in [5.74, 6) is 0.450. The maximum absolute atomic E-state index is 12.6. The first-order valence-corrected chi connectivity index (χ1v) is 9.54. The SMILES string of the molecule is COc1ccc(-c2c(C)c3cc(OC(=O)c4ccccc4Cl)ccc3oc2=O)cc1. The van der Waals surface area contributed by atoms with E-state index in [1.165, 1.54) is 0 Å². The third-order valence-corrected chi connectivity index (χ3v) is 5.15. The summed E-state index contributed by atoms with van der Waals surface area (Å²) in [6.45, 7) is 1.83. The molecule has 0 N–H and O–H groups in total. The van der Waals surface area contributed by atoms with Gasteiger partial charge in [-0.25, -0.2) is 9.59 Å². The van der Waals surface area contributed by atoms with E-state index in [1.54, 1.807) is 73.8 Å². The summed E-state index contributed by atoms with van der Waals surface area (Å²) in [6, 6.07) is 18.7. The van der Waals surface area contributed by atoms with Crippen molar-refractivity contribution in [1.82, 2.24) is 0 Å². The third-order valence-electron chi connectivity index (χ3n) is 4.82. The molecule has 1 heterocycles. The van der Waals surface area contributed by atoms with Gasteiger partial charge in [-0.2, -0.15) is 0 Å². The van der Waals surface area contributed by atoms with Crippen molar-refractivity contribution < 1.29 is 18.7 Å². The molecule has 0 spiro atoms. The number of methoxy groups -OCH3 is 1. The number of aryl methyl sites for hydroxylation is 1. The Kier molecular flexibility index (Phi) is 5.29. The summed E-state index contributed by atoms with van der Waals surface area (Å²) < 4.78 is 16.2. The van der Waals surface area contributed by atoms with E-state index < -0.39 is 11.6 Å². The number of ether oxygens (including phenoxy) is 2. The lowest BCUT2D eigenvalue weighted by molar-refractivity contribution is 0.0735. The summed E-state index contributed by atoms with van der Waals surface area (Å²) in [4.78, 5) is 25.1. The molecule has 0 saturated heterocycles. The van der Waals surface area contributed by atoms with Crippen molar-refractivity contribution in [1.29, 1.82) is 0 Å². The molecule has 0 fully saturated rings. The quantitative estimate of drug-likeness (QED) is 0.242. The summed E-state index contributed by atoms with van der Waals surface area (Å²) >= 11 is 6.07. The van der Waals surface area contributed by atoms with Gasteiger partial charge in [0.05, 0.1) is 23.3 Å². The standard InChI is InChI=1S/C24H17ClO5/c1-14-19-13-17(29-23(26)18-5-3-4-6-20(18)25)11-12-21(19)30-24(27)22(14)15-7-9-16(28-2)10-8-15/h3-13H,1-2H3. The molecule has 5 nitrogen and oxygen atoms in total. The van der Waals surface area contributed by atoms with Crippen molar-refractivity contribution in [2.24, 2.45) is 0 Å². The molecule has 30 heavy (non-hydrogen) atoms. The van der Waals surface area contributed by atoms with Gasteiger partial charge in [0.1, 0.15) is 17.1 Å². The van der Waals surface area contributed by atoms with Crippen LogP contribution < -0.4 is 15.1 Å². The number of hydrogen-bond donors (Lipinski definition) is 0. The normalized spacial score (nSPS) is 10.8. The van der Waals surface area contributed by atoms with Gasteiger partial charge >= 0.3 is 11.6 Å². The molecule has 0 amide bonds. The zero-order chi connectivity index (χ0) is 21.3. The van der Waals surface area contributed by atoms with Crippen LogP contribution in [0.1, 0.15) is 15.9 Å². The van der Waals surface area contributed by atoms with Gasteiger partial charge in [-0.05, 0) is 60.5 Å². The fourth-order valence-corrected chi connectivity index (χ4v) is 3.49. The maximum atomic E-state index is 12.6. The molecule has 0 aliphatic carbocycles. The largest absolute Gasteiger partial charge is 0.497 e. The zero-order valence-corrected chi connectivity index (χ0v) is 17.0. The number of halogens is 1. The van der Waals surface area contributed by atoms with Gasteiger partial charge in [-0.15, -0.1) is 0 Å². The average molecular weight is 421 g/mol. The van der Waals surface area contributed by atoms with Gasteiger partial charge in [-0.3, -0.25) is 0 Å². The second-order valence-electron chi connectivity index (χ2n) is 6.65. The maximum Gasteiger partial charge on any atom is 0.345 e. The highest BCUT2D eigenvalue weighted by molar-refractivity contribution is 6.33. The summed E-state index contributed by atoms with van der Waals surface area (Å²) in [6.07, 6.45) is 0. The van der Waals surface area contributed by atoms with Gasteiger partial charge in [0.15, 0.2) is 0 Å². The molecule has 0 atom stereocenters. The molecule has 0 aliphatic rings. The van der Waals surface area contributed by atoms with Crippen LogP contribution in [0.5, 0.6) is 11.5 Å². The molecule has 1 aromatic heterocycles. The van der Waals surface area contributed by atoms with Crippen molar-refractivity contribution in [2.75, 3.05) is 7.11 Å². The Bertz CT molecular complexity index is 1310. The molecule has 6 heteroatoms. The van der Waals surface area contributed by atoms with Gasteiger partial charge in [-0.1, -0.05) is 35.9 Å². The molecule has 4 aromatic rings. The zero-order valence-electron chi connectivity index (χ0n) is 16.3. The molecular weight excluding hydrogens is 404 g/mol. The van der Waals surface area contributed by atoms with Crippen LogP contribution in [0.4, 0.5) is 0 Å². The third kappa shape index (κ3) is 3.67. The summed E-state index contributed by atoms with van der Waals surface area (Å²) in [5, 5.41) is 0.983. The first-order valence-electron chi connectivity index (χ1n) is 9.16. The van der Waals surface area contributed by atoms with Gasteiger partial charge in [0.25, 0.3) is 0 Å². The molecule has 4 rings (SSSR count). The highest BCUT2D eigenvalue weighted by Gasteiger charge is 2.16. The van der Waals surface area contributed by atoms with Gasteiger partial charge in [0.2, 0.25) is 0 Å². The van der Waals surface area contributed by atoms with Gasteiger partial charge < -0.3 is 13.9 Å². The van der Waals surface area contributed by atoms with E-state index in [4.69, 9.17) is 25.5 Å². The number of carbonyl (C=O) groups is 1. The van der Waals surface area contributed by atoms with Gasteiger partial charge in [0, 0.05) is 5.39 Å². The minimum atomic E-state index is -0.564. The Morgan fingerprint density at radius 3 is 2.37 bits per heavy atom. The smallest absolute Gasteiger partial charge is 0.345 e. The lowest BCUT2D eigenvalue weighted by Gasteiger charge is -2.11. The Balaban J connectivity index is 1.75. The number of carbonyl (C=O) groups excluding carboxylic acids is 1. The van der Waals surface area contributed by atoms with Crippen LogP contribution in [0.25, 0.3) is 22.1 Å². The minimum Gasteiger partial charge on any atom is -0.497 e. The molecule has 0 radical (unpaired) electrons. The highest BCUT2D eigenvalue weighted by Crippen LogP contribution is 2.30. The first kappa shape index (κ1) is 19.7. The van der Waals surface area contributed by atoms with Crippen LogP contribution in [0.2, 0.25) is 5.02 Å². The van der Waals surface area contributed by atoms with Crippen molar-refractivity contribution >= 4 is 28.5 Å².